The van der Waals surface area contributed by atoms with E-state index in [1.165, 1.54) is 5.39 Å². The Kier molecular flexibility index (Phi) is 4.74. The zero-order valence-corrected chi connectivity index (χ0v) is 12.5. The number of fused-ring (bicyclic) bond motifs is 1. The highest BCUT2D eigenvalue weighted by Crippen LogP contribution is 2.27. The summed E-state index contributed by atoms with van der Waals surface area (Å²) in [5, 5.41) is 2.33. The van der Waals surface area contributed by atoms with E-state index in [9.17, 15) is 4.79 Å². The molecule has 0 N–H and O–H groups in total. The summed E-state index contributed by atoms with van der Waals surface area (Å²) in [6, 6.07) is 14.3. The standard InChI is InChI=1S/C15H16N2O.C2H6/c1-16-9-10-17(15(18)11-16)14-8-4-6-12-5-2-3-7-13(12)14;1-2/h2-8H,9-11H2,1H3;1-2H3. The molecule has 3 rings (SSSR count). The summed E-state index contributed by atoms with van der Waals surface area (Å²) in [4.78, 5) is 16.1. The maximum atomic E-state index is 12.1. The first-order valence-corrected chi connectivity index (χ1v) is 7.22. The third-order valence-corrected chi connectivity index (χ3v) is 3.47. The Morgan fingerprint density at radius 3 is 2.40 bits per heavy atom. The van der Waals surface area contributed by atoms with Gasteiger partial charge in [0.1, 0.15) is 0 Å². The van der Waals surface area contributed by atoms with Crippen molar-refractivity contribution in [1.29, 1.82) is 0 Å². The van der Waals surface area contributed by atoms with Crippen molar-refractivity contribution in [1.82, 2.24) is 4.90 Å². The number of hydrogen-bond donors (Lipinski definition) is 0. The molecule has 0 atom stereocenters. The monoisotopic (exact) mass is 270 g/mol. The molecular formula is C17H22N2O. The fraction of sp³-hybridized carbons (Fsp3) is 0.353. The topological polar surface area (TPSA) is 23.6 Å². The highest BCUT2D eigenvalue weighted by molar-refractivity contribution is 6.04. The molecule has 3 nitrogen and oxygen atoms in total. The summed E-state index contributed by atoms with van der Waals surface area (Å²) in [5.74, 6) is 0.181. The number of anilines is 1. The van der Waals surface area contributed by atoms with E-state index < -0.39 is 0 Å². The molecular weight excluding hydrogens is 248 g/mol. The van der Waals surface area contributed by atoms with Crippen molar-refractivity contribution >= 4 is 22.4 Å². The van der Waals surface area contributed by atoms with Gasteiger partial charge in [0.25, 0.3) is 0 Å². The van der Waals surface area contributed by atoms with Gasteiger partial charge in [0, 0.05) is 18.5 Å². The molecule has 0 aromatic heterocycles. The predicted octanol–water partition coefficient (Wildman–Crippen LogP) is 3.14. The summed E-state index contributed by atoms with van der Waals surface area (Å²) < 4.78 is 0. The van der Waals surface area contributed by atoms with Gasteiger partial charge in [-0.15, -0.1) is 0 Å². The zero-order chi connectivity index (χ0) is 14.5. The van der Waals surface area contributed by atoms with Gasteiger partial charge in [-0.25, -0.2) is 0 Å². The lowest BCUT2D eigenvalue weighted by atomic mass is 10.1. The highest BCUT2D eigenvalue weighted by Gasteiger charge is 2.23. The second kappa shape index (κ2) is 6.53. The van der Waals surface area contributed by atoms with Gasteiger partial charge >= 0.3 is 0 Å². The Labute approximate surface area is 120 Å². The molecule has 2 aromatic rings. The van der Waals surface area contributed by atoms with Crippen LogP contribution in [0.15, 0.2) is 42.5 Å². The van der Waals surface area contributed by atoms with Gasteiger partial charge < -0.3 is 4.90 Å². The van der Waals surface area contributed by atoms with Crippen LogP contribution in [0.4, 0.5) is 5.69 Å². The number of amides is 1. The lowest BCUT2D eigenvalue weighted by Crippen LogP contribution is -2.48. The van der Waals surface area contributed by atoms with E-state index in [0.717, 1.165) is 24.2 Å². The van der Waals surface area contributed by atoms with Gasteiger partial charge in [0.2, 0.25) is 5.91 Å². The van der Waals surface area contributed by atoms with E-state index in [-0.39, 0.29) is 5.91 Å². The van der Waals surface area contributed by atoms with Crippen LogP contribution in [0.1, 0.15) is 13.8 Å². The Balaban J connectivity index is 0.000000704. The Bertz CT molecular complexity index is 589. The molecule has 1 saturated heterocycles. The molecule has 0 bridgehead atoms. The van der Waals surface area contributed by atoms with Crippen LogP contribution in [0.3, 0.4) is 0 Å². The van der Waals surface area contributed by atoms with Gasteiger partial charge in [-0.3, -0.25) is 9.69 Å². The van der Waals surface area contributed by atoms with E-state index >= 15 is 0 Å². The Morgan fingerprint density at radius 2 is 1.65 bits per heavy atom. The number of piperazine rings is 1. The molecule has 0 unspecified atom stereocenters. The van der Waals surface area contributed by atoms with E-state index in [4.69, 9.17) is 0 Å². The van der Waals surface area contributed by atoms with Crippen LogP contribution in [0, 0.1) is 0 Å². The molecule has 1 amide bonds. The highest BCUT2D eigenvalue weighted by atomic mass is 16.2. The number of rotatable bonds is 1. The number of nitrogens with zero attached hydrogens (tertiary/aromatic N) is 2. The average Bonchev–Trinajstić information content (AvgIpc) is 2.49. The number of benzene rings is 2. The molecule has 1 aliphatic rings. The molecule has 0 aliphatic carbocycles. The van der Waals surface area contributed by atoms with Crippen LogP contribution in [0.25, 0.3) is 10.8 Å². The second-order valence-corrected chi connectivity index (χ2v) is 4.78. The summed E-state index contributed by atoms with van der Waals surface area (Å²) in [5.41, 5.74) is 1.03. The van der Waals surface area contributed by atoms with Crippen molar-refractivity contribution in [3.05, 3.63) is 42.5 Å². The largest absolute Gasteiger partial charge is 0.309 e. The summed E-state index contributed by atoms with van der Waals surface area (Å²) >= 11 is 0. The summed E-state index contributed by atoms with van der Waals surface area (Å²) in [6.45, 7) is 6.20. The molecule has 20 heavy (non-hydrogen) atoms. The number of carbonyl (C=O) groups is 1. The fourth-order valence-corrected chi connectivity index (χ4v) is 2.49. The van der Waals surface area contributed by atoms with Gasteiger partial charge in [-0.2, -0.15) is 0 Å². The maximum absolute atomic E-state index is 12.1. The minimum Gasteiger partial charge on any atom is -0.309 e. The van der Waals surface area contributed by atoms with Crippen LogP contribution in [0.5, 0.6) is 0 Å². The third kappa shape index (κ3) is 2.83. The van der Waals surface area contributed by atoms with Crippen LogP contribution >= 0.6 is 0 Å². The van der Waals surface area contributed by atoms with Crippen molar-refractivity contribution in [2.24, 2.45) is 0 Å². The van der Waals surface area contributed by atoms with E-state index in [1.807, 2.05) is 50.1 Å². The normalized spacial score (nSPS) is 15.9. The van der Waals surface area contributed by atoms with Gasteiger partial charge in [0.05, 0.1) is 12.2 Å². The lowest BCUT2D eigenvalue weighted by Gasteiger charge is -2.32. The zero-order valence-electron chi connectivity index (χ0n) is 12.5. The fourth-order valence-electron chi connectivity index (χ4n) is 2.49. The molecule has 0 saturated carbocycles. The van der Waals surface area contributed by atoms with Crippen molar-refractivity contribution in [3.63, 3.8) is 0 Å². The van der Waals surface area contributed by atoms with Crippen LogP contribution in [0.2, 0.25) is 0 Å². The molecule has 1 aliphatic heterocycles. The minimum absolute atomic E-state index is 0.181. The molecule has 0 spiro atoms. The van der Waals surface area contributed by atoms with Crippen LogP contribution in [-0.4, -0.2) is 37.5 Å². The van der Waals surface area contributed by atoms with Gasteiger partial charge in [-0.1, -0.05) is 50.2 Å². The minimum atomic E-state index is 0.181. The summed E-state index contributed by atoms with van der Waals surface area (Å²) in [6.07, 6.45) is 0. The lowest BCUT2D eigenvalue weighted by molar-refractivity contribution is -0.120. The SMILES string of the molecule is CC.CN1CCN(c2cccc3ccccc23)C(=O)C1. The first-order chi connectivity index (χ1) is 9.75. The third-order valence-electron chi connectivity index (χ3n) is 3.47. The van der Waals surface area contributed by atoms with E-state index in [0.29, 0.717) is 6.54 Å². The van der Waals surface area contributed by atoms with Crippen molar-refractivity contribution in [2.75, 3.05) is 31.6 Å². The molecule has 106 valence electrons. The smallest absolute Gasteiger partial charge is 0.241 e. The number of carbonyl (C=O) groups excluding carboxylic acids is 1. The summed E-state index contributed by atoms with van der Waals surface area (Å²) in [7, 11) is 1.98. The second-order valence-electron chi connectivity index (χ2n) is 4.78. The Morgan fingerprint density at radius 1 is 0.950 bits per heavy atom. The molecule has 0 radical (unpaired) electrons. The Hall–Kier alpha value is -1.87. The van der Waals surface area contributed by atoms with Gasteiger partial charge in [0.15, 0.2) is 0 Å². The molecule has 1 heterocycles. The van der Waals surface area contributed by atoms with Crippen LogP contribution in [-0.2, 0) is 4.79 Å². The van der Waals surface area contributed by atoms with Crippen molar-refractivity contribution in [3.8, 4) is 0 Å². The van der Waals surface area contributed by atoms with Crippen molar-refractivity contribution < 1.29 is 4.79 Å². The number of likely N-dealkylation sites (N-methyl/N-ethyl adjacent to an activating group) is 1. The van der Waals surface area contributed by atoms with Crippen molar-refractivity contribution in [2.45, 2.75) is 13.8 Å². The first kappa shape index (κ1) is 14.5. The maximum Gasteiger partial charge on any atom is 0.241 e. The first-order valence-electron chi connectivity index (χ1n) is 7.22. The average molecular weight is 270 g/mol. The van der Waals surface area contributed by atoms with Crippen LogP contribution < -0.4 is 4.90 Å². The predicted molar refractivity (Wildman–Crippen MR) is 85.1 cm³/mol. The molecule has 3 heteroatoms. The van der Waals surface area contributed by atoms with Gasteiger partial charge in [-0.05, 0) is 18.5 Å². The quantitative estimate of drug-likeness (QED) is 0.795. The van der Waals surface area contributed by atoms with E-state index in [2.05, 4.69) is 23.1 Å². The molecule has 2 aromatic carbocycles. The molecule has 1 fully saturated rings. The number of hydrogen-bond acceptors (Lipinski definition) is 2. The van der Waals surface area contributed by atoms with E-state index in [1.54, 1.807) is 0 Å².